The molecule has 1 heterocycles. The second-order valence-corrected chi connectivity index (χ2v) is 4.37. The van der Waals surface area contributed by atoms with Gasteiger partial charge < -0.3 is 4.57 Å². The number of non-ortho nitro benzene ring substituents is 1. The maximum absolute atomic E-state index is 11.2. The molecule has 0 N–H and O–H groups in total. The smallest absolute Gasteiger partial charge is 0.269 e. The third-order valence-electron chi connectivity index (χ3n) is 2.96. The maximum Gasteiger partial charge on any atom is 0.269 e. The van der Waals surface area contributed by atoms with Crippen molar-refractivity contribution in [3.8, 4) is 0 Å². The molecule has 0 aliphatic carbocycles. The van der Waals surface area contributed by atoms with Crippen LogP contribution in [0.4, 0.5) is 5.69 Å². The van der Waals surface area contributed by atoms with E-state index in [4.69, 9.17) is 0 Å². The van der Waals surface area contributed by atoms with Gasteiger partial charge in [-0.05, 0) is 25.0 Å². The quantitative estimate of drug-likeness (QED) is 0.470. The highest BCUT2D eigenvalue weighted by Gasteiger charge is 2.05. The van der Waals surface area contributed by atoms with Gasteiger partial charge in [0, 0.05) is 36.6 Å². The van der Waals surface area contributed by atoms with Gasteiger partial charge in [-0.25, -0.2) is 0 Å². The van der Waals surface area contributed by atoms with E-state index in [9.17, 15) is 14.9 Å². The van der Waals surface area contributed by atoms with Crippen molar-refractivity contribution in [3.05, 3.63) is 64.0 Å². The monoisotopic (exact) mass is 258 g/mol. The number of ketones is 1. The number of rotatable bonds is 5. The van der Waals surface area contributed by atoms with E-state index < -0.39 is 4.92 Å². The lowest BCUT2D eigenvalue weighted by Gasteiger charge is -2.03. The van der Waals surface area contributed by atoms with Gasteiger partial charge in [-0.3, -0.25) is 14.9 Å². The SMILES string of the molecule is CC(=O)c1ccn(CCc2ccc([N+](=O)[O-])cc2)c1. The maximum atomic E-state index is 11.2. The molecule has 0 unspecified atom stereocenters. The number of nitro benzene ring substituents is 1. The van der Waals surface area contributed by atoms with Gasteiger partial charge >= 0.3 is 0 Å². The summed E-state index contributed by atoms with van der Waals surface area (Å²) in [4.78, 5) is 21.3. The Bertz CT molecular complexity index is 599. The number of benzene rings is 1. The van der Waals surface area contributed by atoms with Crippen molar-refractivity contribution in [3.63, 3.8) is 0 Å². The molecule has 0 fully saturated rings. The first-order valence-electron chi connectivity index (χ1n) is 5.96. The zero-order chi connectivity index (χ0) is 13.8. The van der Waals surface area contributed by atoms with Gasteiger partial charge in [0.25, 0.3) is 5.69 Å². The lowest BCUT2D eigenvalue weighted by atomic mass is 10.1. The van der Waals surface area contributed by atoms with Crippen LogP contribution in [0, 0.1) is 10.1 Å². The van der Waals surface area contributed by atoms with Gasteiger partial charge in [-0.1, -0.05) is 12.1 Å². The van der Waals surface area contributed by atoms with Gasteiger partial charge in [-0.15, -0.1) is 0 Å². The number of aromatic nitrogens is 1. The van der Waals surface area contributed by atoms with Crippen molar-refractivity contribution in [1.29, 1.82) is 0 Å². The lowest BCUT2D eigenvalue weighted by molar-refractivity contribution is -0.384. The Kier molecular flexibility index (Phi) is 3.75. The molecule has 1 aromatic carbocycles. The molecule has 98 valence electrons. The van der Waals surface area contributed by atoms with Crippen molar-refractivity contribution in [1.82, 2.24) is 4.57 Å². The summed E-state index contributed by atoms with van der Waals surface area (Å²) in [6.45, 7) is 2.28. The molecule has 0 spiro atoms. The fourth-order valence-corrected chi connectivity index (χ4v) is 1.83. The van der Waals surface area contributed by atoms with Crippen molar-refractivity contribution >= 4 is 11.5 Å². The average Bonchev–Trinajstić information content (AvgIpc) is 2.86. The predicted molar refractivity (Wildman–Crippen MR) is 71.2 cm³/mol. The zero-order valence-corrected chi connectivity index (χ0v) is 10.6. The first-order chi connectivity index (χ1) is 9.06. The van der Waals surface area contributed by atoms with E-state index in [0.29, 0.717) is 5.56 Å². The van der Waals surface area contributed by atoms with Crippen LogP contribution in [-0.2, 0) is 13.0 Å². The molecule has 0 bridgehead atoms. The largest absolute Gasteiger partial charge is 0.353 e. The van der Waals surface area contributed by atoms with Crippen LogP contribution in [0.15, 0.2) is 42.7 Å². The Morgan fingerprint density at radius 2 is 1.95 bits per heavy atom. The van der Waals surface area contributed by atoms with Gasteiger partial charge in [0.2, 0.25) is 0 Å². The Balaban J connectivity index is 1.97. The molecule has 0 saturated heterocycles. The van der Waals surface area contributed by atoms with E-state index in [-0.39, 0.29) is 11.5 Å². The summed E-state index contributed by atoms with van der Waals surface area (Å²) >= 11 is 0. The third kappa shape index (κ3) is 3.28. The summed E-state index contributed by atoms with van der Waals surface area (Å²) in [5.74, 6) is 0.0501. The molecule has 0 saturated carbocycles. The van der Waals surface area contributed by atoms with Crippen LogP contribution < -0.4 is 0 Å². The number of carbonyl (C=O) groups excluding carboxylic acids is 1. The fourth-order valence-electron chi connectivity index (χ4n) is 1.83. The number of aryl methyl sites for hydroxylation is 2. The highest BCUT2D eigenvalue weighted by molar-refractivity contribution is 5.93. The first-order valence-corrected chi connectivity index (χ1v) is 5.96. The number of hydrogen-bond acceptors (Lipinski definition) is 3. The summed E-state index contributed by atoms with van der Waals surface area (Å²) in [5, 5.41) is 10.5. The second kappa shape index (κ2) is 5.48. The first kappa shape index (κ1) is 13.0. The fraction of sp³-hybridized carbons (Fsp3) is 0.214. The van der Waals surface area contributed by atoms with E-state index in [2.05, 4.69) is 0 Å². The molecule has 0 radical (unpaired) electrons. The molecular formula is C14H14N2O3. The molecule has 0 amide bonds. The lowest BCUT2D eigenvalue weighted by Crippen LogP contribution is -1.99. The van der Waals surface area contributed by atoms with Crippen molar-refractivity contribution in [2.24, 2.45) is 0 Å². The summed E-state index contributed by atoms with van der Waals surface area (Å²) in [6, 6.07) is 8.32. The minimum Gasteiger partial charge on any atom is -0.353 e. The van der Waals surface area contributed by atoms with Gasteiger partial charge in [0.1, 0.15) is 0 Å². The Hall–Kier alpha value is -2.43. The number of carbonyl (C=O) groups is 1. The molecule has 19 heavy (non-hydrogen) atoms. The van der Waals surface area contributed by atoms with E-state index in [0.717, 1.165) is 18.5 Å². The molecule has 2 rings (SSSR count). The predicted octanol–water partition coefficient (Wildman–Crippen LogP) is 2.84. The topological polar surface area (TPSA) is 65.1 Å². The van der Waals surface area contributed by atoms with Crippen LogP contribution in [0.25, 0.3) is 0 Å². The molecule has 0 aliphatic rings. The van der Waals surface area contributed by atoms with Crippen LogP contribution in [0.2, 0.25) is 0 Å². The minimum absolute atomic E-state index is 0.0501. The normalized spacial score (nSPS) is 10.4. The van der Waals surface area contributed by atoms with E-state index >= 15 is 0 Å². The zero-order valence-electron chi connectivity index (χ0n) is 10.6. The van der Waals surface area contributed by atoms with Crippen molar-refractivity contribution < 1.29 is 9.72 Å². The molecule has 1 aromatic heterocycles. The van der Waals surface area contributed by atoms with Crippen LogP contribution in [-0.4, -0.2) is 15.3 Å². The van der Waals surface area contributed by atoms with Crippen LogP contribution >= 0.6 is 0 Å². The Morgan fingerprint density at radius 3 is 2.47 bits per heavy atom. The minimum atomic E-state index is -0.408. The van der Waals surface area contributed by atoms with Crippen molar-refractivity contribution in [2.45, 2.75) is 19.9 Å². The number of Topliss-reactive ketones (excluding diaryl/α,β-unsaturated/α-hetero) is 1. The summed E-state index contributed by atoms with van der Waals surface area (Å²) in [6.07, 6.45) is 4.44. The number of hydrogen-bond donors (Lipinski definition) is 0. The Labute approximate surface area is 110 Å². The molecule has 5 nitrogen and oxygen atoms in total. The molecule has 0 atom stereocenters. The van der Waals surface area contributed by atoms with E-state index in [1.54, 1.807) is 18.2 Å². The van der Waals surface area contributed by atoms with Crippen molar-refractivity contribution in [2.75, 3.05) is 0 Å². The van der Waals surface area contributed by atoms with E-state index in [1.165, 1.54) is 19.1 Å². The van der Waals surface area contributed by atoms with Gasteiger partial charge in [0.05, 0.1) is 4.92 Å². The Morgan fingerprint density at radius 1 is 1.26 bits per heavy atom. The highest BCUT2D eigenvalue weighted by atomic mass is 16.6. The molecular weight excluding hydrogens is 244 g/mol. The number of nitro groups is 1. The van der Waals surface area contributed by atoms with Crippen LogP contribution in [0.1, 0.15) is 22.8 Å². The summed E-state index contributed by atoms with van der Waals surface area (Å²) < 4.78 is 1.94. The summed E-state index contributed by atoms with van der Waals surface area (Å²) in [7, 11) is 0. The molecule has 0 aliphatic heterocycles. The third-order valence-corrected chi connectivity index (χ3v) is 2.96. The van der Waals surface area contributed by atoms with Gasteiger partial charge in [-0.2, -0.15) is 0 Å². The summed E-state index contributed by atoms with van der Waals surface area (Å²) in [5.41, 5.74) is 1.83. The second-order valence-electron chi connectivity index (χ2n) is 4.37. The van der Waals surface area contributed by atoms with Gasteiger partial charge in [0.15, 0.2) is 5.78 Å². The van der Waals surface area contributed by atoms with Crippen LogP contribution in [0.5, 0.6) is 0 Å². The molecule has 5 heteroatoms. The molecule has 2 aromatic rings. The highest BCUT2D eigenvalue weighted by Crippen LogP contribution is 2.13. The standard InChI is InChI=1S/C14H14N2O3/c1-11(17)13-7-9-15(10-13)8-6-12-2-4-14(5-3-12)16(18)19/h2-5,7,9-10H,6,8H2,1H3. The van der Waals surface area contributed by atoms with E-state index in [1.807, 2.05) is 17.0 Å². The number of nitrogens with zero attached hydrogens (tertiary/aromatic N) is 2. The average molecular weight is 258 g/mol. The van der Waals surface area contributed by atoms with Crippen LogP contribution in [0.3, 0.4) is 0 Å².